The highest BCUT2D eigenvalue weighted by atomic mass is 79.9. The molecule has 0 spiro atoms. The summed E-state index contributed by atoms with van der Waals surface area (Å²) in [7, 11) is 2.07. The zero-order valence-electron chi connectivity index (χ0n) is 9.62. The van der Waals surface area contributed by atoms with Crippen LogP contribution in [0.2, 0.25) is 0 Å². The summed E-state index contributed by atoms with van der Waals surface area (Å²) in [5.74, 6) is 0. The number of halogens is 1. The van der Waals surface area contributed by atoms with Crippen LogP contribution in [0.5, 0.6) is 0 Å². The summed E-state index contributed by atoms with van der Waals surface area (Å²) >= 11 is 3.43. The van der Waals surface area contributed by atoms with Gasteiger partial charge in [0.1, 0.15) is 0 Å². The van der Waals surface area contributed by atoms with Crippen LogP contribution in [0.3, 0.4) is 0 Å². The van der Waals surface area contributed by atoms with Gasteiger partial charge in [-0.25, -0.2) is 0 Å². The zero-order valence-corrected chi connectivity index (χ0v) is 11.2. The molecular formula is C13H17BrN2. The molecule has 0 fully saturated rings. The van der Waals surface area contributed by atoms with Gasteiger partial charge in [-0.2, -0.15) is 5.26 Å². The second-order valence-corrected chi connectivity index (χ2v) is 4.63. The first-order valence-electron chi connectivity index (χ1n) is 5.55. The second kappa shape index (κ2) is 7.29. The summed E-state index contributed by atoms with van der Waals surface area (Å²) in [6.45, 7) is 1.04. The monoisotopic (exact) mass is 280 g/mol. The predicted molar refractivity (Wildman–Crippen MR) is 72.1 cm³/mol. The van der Waals surface area contributed by atoms with Crippen molar-refractivity contribution in [3.8, 4) is 6.07 Å². The molecule has 86 valence electrons. The van der Waals surface area contributed by atoms with Crippen molar-refractivity contribution in [2.75, 3.05) is 23.8 Å². The molecular weight excluding hydrogens is 264 g/mol. The molecule has 16 heavy (non-hydrogen) atoms. The molecule has 0 amide bonds. The van der Waals surface area contributed by atoms with Gasteiger partial charge in [-0.15, -0.1) is 0 Å². The van der Waals surface area contributed by atoms with Gasteiger partial charge in [0.25, 0.3) is 0 Å². The number of alkyl halides is 1. The van der Waals surface area contributed by atoms with E-state index in [2.05, 4.69) is 33.9 Å². The van der Waals surface area contributed by atoms with E-state index in [0.29, 0.717) is 0 Å². The normalized spacial score (nSPS) is 9.81. The van der Waals surface area contributed by atoms with Gasteiger partial charge in [-0.05, 0) is 31.0 Å². The van der Waals surface area contributed by atoms with E-state index in [0.717, 1.165) is 23.1 Å². The fourth-order valence-electron chi connectivity index (χ4n) is 1.56. The number of unbranched alkanes of at least 4 members (excludes halogenated alkanes) is 2. The molecule has 0 heterocycles. The third kappa shape index (κ3) is 4.24. The Hall–Kier alpha value is -1.01. The van der Waals surface area contributed by atoms with E-state index in [-0.39, 0.29) is 0 Å². The minimum absolute atomic E-state index is 0.727. The first kappa shape index (κ1) is 13.1. The highest BCUT2D eigenvalue weighted by Crippen LogP contribution is 2.15. The van der Waals surface area contributed by atoms with Gasteiger partial charge in [0.05, 0.1) is 11.6 Å². The molecule has 0 saturated carbocycles. The maximum absolute atomic E-state index is 8.82. The van der Waals surface area contributed by atoms with Crippen LogP contribution in [0.4, 0.5) is 5.69 Å². The molecule has 0 bridgehead atoms. The van der Waals surface area contributed by atoms with E-state index in [1.54, 1.807) is 0 Å². The number of rotatable bonds is 6. The van der Waals surface area contributed by atoms with E-state index in [1.807, 2.05) is 24.3 Å². The Morgan fingerprint density at radius 2 is 2.12 bits per heavy atom. The Morgan fingerprint density at radius 3 is 2.81 bits per heavy atom. The Balaban J connectivity index is 2.46. The standard InChI is InChI=1S/C13H17BrN2/c1-16(9-4-2-3-8-14)13-7-5-6-12(10-13)11-15/h5-7,10H,2-4,8-9H2,1H3. The lowest BCUT2D eigenvalue weighted by molar-refractivity contribution is 0.711. The lowest BCUT2D eigenvalue weighted by Gasteiger charge is -2.19. The van der Waals surface area contributed by atoms with Gasteiger partial charge >= 0.3 is 0 Å². The summed E-state index contributed by atoms with van der Waals surface area (Å²) in [5.41, 5.74) is 1.85. The lowest BCUT2D eigenvalue weighted by atomic mass is 10.2. The van der Waals surface area contributed by atoms with Gasteiger partial charge in [0.2, 0.25) is 0 Å². The van der Waals surface area contributed by atoms with Crippen molar-refractivity contribution in [1.82, 2.24) is 0 Å². The van der Waals surface area contributed by atoms with Crippen molar-refractivity contribution in [2.24, 2.45) is 0 Å². The van der Waals surface area contributed by atoms with Crippen molar-refractivity contribution >= 4 is 21.6 Å². The number of anilines is 1. The largest absolute Gasteiger partial charge is 0.375 e. The highest BCUT2D eigenvalue weighted by molar-refractivity contribution is 9.09. The molecule has 0 aliphatic rings. The Morgan fingerprint density at radius 1 is 1.31 bits per heavy atom. The summed E-state index contributed by atoms with van der Waals surface area (Å²) in [4.78, 5) is 2.20. The van der Waals surface area contributed by atoms with Gasteiger partial charge in [0.15, 0.2) is 0 Å². The minimum atomic E-state index is 0.727. The van der Waals surface area contributed by atoms with Gasteiger partial charge in [-0.3, -0.25) is 0 Å². The number of hydrogen-bond donors (Lipinski definition) is 0. The van der Waals surface area contributed by atoms with Crippen molar-refractivity contribution in [3.63, 3.8) is 0 Å². The molecule has 0 unspecified atom stereocenters. The van der Waals surface area contributed by atoms with Crippen LogP contribution in [0, 0.1) is 11.3 Å². The van der Waals surface area contributed by atoms with E-state index >= 15 is 0 Å². The summed E-state index contributed by atoms with van der Waals surface area (Å²) < 4.78 is 0. The van der Waals surface area contributed by atoms with Crippen molar-refractivity contribution < 1.29 is 0 Å². The van der Waals surface area contributed by atoms with Crippen LogP contribution >= 0.6 is 15.9 Å². The number of nitriles is 1. The van der Waals surface area contributed by atoms with Gasteiger partial charge in [0, 0.05) is 24.6 Å². The average molecular weight is 281 g/mol. The van der Waals surface area contributed by atoms with Crippen molar-refractivity contribution in [2.45, 2.75) is 19.3 Å². The molecule has 1 aromatic carbocycles. The Kier molecular flexibility index (Phi) is 5.95. The third-order valence-electron chi connectivity index (χ3n) is 2.54. The number of benzene rings is 1. The molecule has 1 rings (SSSR count). The van der Waals surface area contributed by atoms with Crippen LogP contribution < -0.4 is 4.90 Å². The Bertz CT molecular complexity index is 357. The molecule has 0 aliphatic carbocycles. The van der Waals surface area contributed by atoms with E-state index in [4.69, 9.17) is 5.26 Å². The molecule has 0 aliphatic heterocycles. The molecule has 0 radical (unpaired) electrons. The SMILES string of the molecule is CN(CCCCCBr)c1cccc(C#N)c1. The smallest absolute Gasteiger partial charge is 0.0992 e. The van der Waals surface area contributed by atoms with Crippen LogP contribution in [-0.2, 0) is 0 Å². The summed E-state index contributed by atoms with van der Waals surface area (Å²) in [6.07, 6.45) is 3.67. The topological polar surface area (TPSA) is 27.0 Å². The highest BCUT2D eigenvalue weighted by Gasteiger charge is 2.01. The van der Waals surface area contributed by atoms with Crippen LogP contribution in [-0.4, -0.2) is 18.9 Å². The maximum Gasteiger partial charge on any atom is 0.0992 e. The minimum Gasteiger partial charge on any atom is -0.375 e. The zero-order chi connectivity index (χ0) is 11.8. The molecule has 3 heteroatoms. The summed E-state index contributed by atoms with van der Waals surface area (Å²) in [6, 6.07) is 9.92. The lowest BCUT2D eigenvalue weighted by Crippen LogP contribution is -2.18. The van der Waals surface area contributed by atoms with Crippen molar-refractivity contribution in [3.05, 3.63) is 29.8 Å². The van der Waals surface area contributed by atoms with E-state index < -0.39 is 0 Å². The molecule has 1 aromatic rings. The van der Waals surface area contributed by atoms with Crippen LogP contribution in [0.1, 0.15) is 24.8 Å². The molecule has 2 nitrogen and oxygen atoms in total. The molecule has 0 aromatic heterocycles. The third-order valence-corrected chi connectivity index (χ3v) is 3.10. The van der Waals surface area contributed by atoms with Gasteiger partial charge < -0.3 is 4.90 Å². The maximum atomic E-state index is 8.82. The molecule has 0 N–H and O–H groups in total. The fourth-order valence-corrected chi connectivity index (χ4v) is 1.96. The fraction of sp³-hybridized carbons (Fsp3) is 0.462. The summed E-state index contributed by atoms with van der Waals surface area (Å²) in [5, 5.41) is 9.90. The second-order valence-electron chi connectivity index (χ2n) is 3.83. The molecule has 0 atom stereocenters. The van der Waals surface area contributed by atoms with Crippen LogP contribution in [0.25, 0.3) is 0 Å². The Labute approximate surface area is 106 Å². The number of hydrogen-bond acceptors (Lipinski definition) is 2. The first-order valence-corrected chi connectivity index (χ1v) is 6.67. The number of nitrogens with zero attached hydrogens (tertiary/aromatic N) is 2. The first-order chi connectivity index (χ1) is 7.77. The average Bonchev–Trinajstić information content (AvgIpc) is 2.34. The van der Waals surface area contributed by atoms with E-state index in [1.165, 1.54) is 19.3 Å². The quantitative estimate of drug-likeness (QED) is 0.589. The van der Waals surface area contributed by atoms with Crippen LogP contribution in [0.15, 0.2) is 24.3 Å². The van der Waals surface area contributed by atoms with Gasteiger partial charge in [-0.1, -0.05) is 28.4 Å². The predicted octanol–water partition coefficient (Wildman–Crippen LogP) is 3.56. The van der Waals surface area contributed by atoms with Crippen molar-refractivity contribution in [1.29, 1.82) is 5.26 Å². The molecule has 0 saturated heterocycles. The van der Waals surface area contributed by atoms with E-state index in [9.17, 15) is 0 Å².